The summed E-state index contributed by atoms with van der Waals surface area (Å²) in [6, 6.07) is 12.2. The predicted octanol–water partition coefficient (Wildman–Crippen LogP) is 5.57. The van der Waals surface area contributed by atoms with E-state index in [-0.39, 0.29) is 11.7 Å². The number of rotatable bonds is 6. The number of carbonyl (C=O) groups is 1. The molecule has 35 heavy (non-hydrogen) atoms. The third kappa shape index (κ3) is 4.47. The number of thiophene rings is 1. The smallest absolute Gasteiger partial charge is 0.387 e. The summed E-state index contributed by atoms with van der Waals surface area (Å²) in [5.41, 5.74) is 10.1. The van der Waals surface area contributed by atoms with Gasteiger partial charge in [0.25, 0.3) is 5.91 Å². The van der Waals surface area contributed by atoms with Crippen LogP contribution in [0, 0.1) is 6.92 Å². The Morgan fingerprint density at radius 3 is 2.66 bits per heavy atom. The zero-order valence-corrected chi connectivity index (χ0v) is 19.3. The van der Waals surface area contributed by atoms with E-state index in [1.807, 2.05) is 25.1 Å². The third-order valence-corrected chi connectivity index (χ3v) is 6.61. The van der Waals surface area contributed by atoms with Crippen molar-refractivity contribution in [3.05, 3.63) is 82.8 Å². The van der Waals surface area contributed by atoms with Crippen molar-refractivity contribution in [2.75, 3.05) is 11.1 Å². The molecule has 3 N–H and O–H groups in total. The van der Waals surface area contributed by atoms with Gasteiger partial charge in [0.2, 0.25) is 0 Å². The number of anilines is 2. The molecule has 3 aromatic heterocycles. The highest BCUT2D eigenvalue weighted by molar-refractivity contribution is 7.18. The minimum absolute atomic E-state index is 0.100. The van der Waals surface area contributed by atoms with Crippen molar-refractivity contribution < 1.29 is 18.3 Å². The Balaban J connectivity index is 1.47. The monoisotopic (exact) mass is 491 g/mol. The maximum Gasteiger partial charge on any atom is 0.387 e. The number of aromatic nitrogens is 3. The fraction of sp³-hybridized carbons (Fsp3) is 0.120. The first-order valence-corrected chi connectivity index (χ1v) is 11.5. The number of nitrogens with one attached hydrogen (secondary N) is 1. The summed E-state index contributed by atoms with van der Waals surface area (Å²) >= 11 is 1.32. The van der Waals surface area contributed by atoms with Crippen LogP contribution >= 0.6 is 11.3 Å². The first-order valence-electron chi connectivity index (χ1n) is 10.6. The molecule has 0 spiro atoms. The molecule has 0 bridgehead atoms. The predicted molar refractivity (Wildman–Crippen MR) is 132 cm³/mol. The van der Waals surface area contributed by atoms with Crippen LogP contribution in [0.5, 0.6) is 5.75 Å². The Morgan fingerprint density at radius 1 is 1.09 bits per heavy atom. The summed E-state index contributed by atoms with van der Waals surface area (Å²) < 4.78 is 29.9. The van der Waals surface area contributed by atoms with E-state index >= 15 is 0 Å². The Labute approximate surface area is 202 Å². The average molecular weight is 492 g/mol. The van der Waals surface area contributed by atoms with Gasteiger partial charge in [-0.05, 0) is 36.2 Å². The lowest BCUT2D eigenvalue weighted by molar-refractivity contribution is -0.0498. The fourth-order valence-corrected chi connectivity index (χ4v) is 4.83. The molecule has 1 amide bonds. The highest BCUT2D eigenvalue weighted by atomic mass is 32.1. The van der Waals surface area contributed by atoms with Crippen molar-refractivity contribution in [1.29, 1.82) is 0 Å². The molecular formula is C25H19F2N5O2S. The summed E-state index contributed by atoms with van der Waals surface area (Å²) in [5.74, 6) is 0.145. The number of nitrogens with zero attached hydrogens (tertiary/aromatic N) is 3. The van der Waals surface area contributed by atoms with E-state index in [1.54, 1.807) is 23.7 Å². The van der Waals surface area contributed by atoms with Crippen molar-refractivity contribution in [3.63, 3.8) is 0 Å². The number of aryl methyl sites for hydroxylation is 1. The van der Waals surface area contributed by atoms with E-state index in [9.17, 15) is 13.6 Å². The van der Waals surface area contributed by atoms with Crippen LogP contribution in [-0.4, -0.2) is 27.5 Å². The quantitative estimate of drug-likeness (QED) is 0.322. The minimum atomic E-state index is -2.87. The summed E-state index contributed by atoms with van der Waals surface area (Å²) in [6.45, 7) is -0.947. The molecule has 0 unspecified atom stereocenters. The standard InChI is InChI=1S/C25H19F2N5O2S/c1-13-2-7-16-17(8-9-29-19(16)10-14-3-5-15(6-4-14)34-25(26)27)20(13)32-24(33)18-11-35-22-21(18)30-12-31-23(22)28/h2-9,11-12,25H,10H2,1H3,(H,32,33)(H2,28,30,31). The summed E-state index contributed by atoms with van der Waals surface area (Å²) in [7, 11) is 0. The van der Waals surface area contributed by atoms with E-state index in [0.29, 0.717) is 33.7 Å². The molecule has 0 aliphatic rings. The van der Waals surface area contributed by atoms with Gasteiger partial charge < -0.3 is 15.8 Å². The molecule has 176 valence electrons. The van der Waals surface area contributed by atoms with Gasteiger partial charge in [-0.1, -0.05) is 24.3 Å². The second kappa shape index (κ2) is 9.22. The van der Waals surface area contributed by atoms with Crippen molar-refractivity contribution >= 4 is 49.7 Å². The van der Waals surface area contributed by atoms with E-state index in [1.165, 1.54) is 29.8 Å². The van der Waals surface area contributed by atoms with Crippen LogP contribution < -0.4 is 15.8 Å². The molecule has 0 radical (unpaired) electrons. The van der Waals surface area contributed by atoms with E-state index in [0.717, 1.165) is 27.6 Å². The fourth-order valence-electron chi connectivity index (χ4n) is 3.92. The first-order chi connectivity index (χ1) is 16.9. The molecule has 0 saturated heterocycles. The molecule has 0 fully saturated rings. The highest BCUT2D eigenvalue weighted by Gasteiger charge is 2.18. The van der Waals surface area contributed by atoms with Crippen molar-refractivity contribution in [2.45, 2.75) is 20.0 Å². The molecule has 0 atom stereocenters. The number of amides is 1. The average Bonchev–Trinajstić information content (AvgIpc) is 3.28. The Bertz CT molecular complexity index is 1550. The van der Waals surface area contributed by atoms with Gasteiger partial charge in [-0.3, -0.25) is 9.78 Å². The number of alkyl halides is 2. The maximum absolute atomic E-state index is 13.2. The molecule has 2 aromatic carbocycles. The molecule has 10 heteroatoms. The Hall–Kier alpha value is -4.18. The van der Waals surface area contributed by atoms with Gasteiger partial charge in [0, 0.05) is 28.8 Å². The van der Waals surface area contributed by atoms with Crippen LogP contribution in [0.25, 0.3) is 21.0 Å². The number of halogens is 2. The van der Waals surface area contributed by atoms with Crippen LogP contribution in [0.3, 0.4) is 0 Å². The van der Waals surface area contributed by atoms with Gasteiger partial charge in [-0.25, -0.2) is 9.97 Å². The van der Waals surface area contributed by atoms with Crippen LogP contribution in [0.15, 0.2) is 60.4 Å². The lowest BCUT2D eigenvalue weighted by Gasteiger charge is -2.14. The number of hydrogen-bond acceptors (Lipinski definition) is 7. The zero-order chi connectivity index (χ0) is 24.5. The number of carbonyl (C=O) groups excluding carboxylic acids is 1. The highest BCUT2D eigenvalue weighted by Crippen LogP contribution is 2.32. The number of hydrogen-bond donors (Lipinski definition) is 2. The van der Waals surface area contributed by atoms with E-state index in [2.05, 4.69) is 25.0 Å². The molecule has 0 aliphatic carbocycles. The minimum Gasteiger partial charge on any atom is -0.435 e. The van der Waals surface area contributed by atoms with Gasteiger partial charge >= 0.3 is 6.61 Å². The maximum atomic E-state index is 13.2. The molecule has 7 nitrogen and oxygen atoms in total. The van der Waals surface area contributed by atoms with Gasteiger partial charge in [-0.15, -0.1) is 11.3 Å². The van der Waals surface area contributed by atoms with Crippen LogP contribution in [0.1, 0.15) is 27.2 Å². The second-order valence-electron chi connectivity index (χ2n) is 7.85. The number of ether oxygens (including phenoxy) is 1. The van der Waals surface area contributed by atoms with Crippen molar-refractivity contribution in [2.24, 2.45) is 0 Å². The van der Waals surface area contributed by atoms with Crippen LogP contribution in [-0.2, 0) is 6.42 Å². The molecule has 0 aliphatic heterocycles. The van der Waals surface area contributed by atoms with Crippen LogP contribution in [0.2, 0.25) is 0 Å². The lowest BCUT2D eigenvalue weighted by Crippen LogP contribution is -2.13. The lowest BCUT2D eigenvalue weighted by atomic mass is 10.00. The number of benzene rings is 2. The van der Waals surface area contributed by atoms with Gasteiger partial charge in [0.1, 0.15) is 17.9 Å². The number of nitrogens with two attached hydrogens (primary N) is 1. The zero-order valence-electron chi connectivity index (χ0n) is 18.5. The van der Waals surface area contributed by atoms with Crippen molar-refractivity contribution in [1.82, 2.24) is 15.0 Å². The van der Waals surface area contributed by atoms with Crippen LogP contribution in [0.4, 0.5) is 20.3 Å². The third-order valence-electron chi connectivity index (χ3n) is 5.62. The summed E-state index contributed by atoms with van der Waals surface area (Å²) in [6.07, 6.45) is 3.51. The largest absolute Gasteiger partial charge is 0.435 e. The van der Waals surface area contributed by atoms with E-state index in [4.69, 9.17) is 5.73 Å². The molecular weight excluding hydrogens is 472 g/mol. The Morgan fingerprint density at radius 2 is 1.89 bits per heavy atom. The summed E-state index contributed by atoms with van der Waals surface area (Å²) in [4.78, 5) is 25.9. The molecule has 0 saturated carbocycles. The van der Waals surface area contributed by atoms with Gasteiger partial charge in [-0.2, -0.15) is 8.78 Å². The number of pyridine rings is 1. The van der Waals surface area contributed by atoms with E-state index < -0.39 is 6.61 Å². The van der Waals surface area contributed by atoms with Gasteiger partial charge in [0.15, 0.2) is 0 Å². The van der Waals surface area contributed by atoms with Gasteiger partial charge in [0.05, 0.1) is 27.2 Å². The summed E-state index contributed by atoms with van der Waals surface area (Å²) in [5, 5.41) is 6.48. The van der Waals surface area contributed by atoms with Crippen molar-refractivity contribution in [3.8, 4) is 5.75 Å². The Kier molecular flexibility index (Phi) is 5.96. The number of fused-ring (bicyclic) bond motifs is 2. The topological polar surface area (TPSA) is 103 Å². The SMILES string of the molecule is Cc1ccc2c(Cc3ccc(OC(F)F)cc3)nccc2c1NC(=O)c1csc2c(N)ncnc12. The number of nitrogen functional groups attached to an aromatic ring is 1. The second-order valence-corrected chi connectivity index (χ2v) is 8.73. The first kappa shape index (κ1) is 22.6. The molecule has 3 heterocycles. The molecule has 5 rings (SSSR count). The normalized spacial score (nSPS) is 11.3. The molecule has 5 aromatic rings.